The van der Waals surface area contributed by atoms with E-state index < -0.39 is 0 Å². The van der Waals surface area contributed by atoms with Crippen LogP contribution < -0.4 is 9.80 Å². The van der Waals surface area contributed by atoms with E-state index in [2.05, 4.69) is 116 Å². The van der Waals surface area contributed by atoms with Gasteiger partial charge in [0.25, 0.3) is 0 Å². The average molecular weight is 459 g/mol. The summed E-state index contributed by atoms with van der Waals surface area (Å²) in [5.74, 6) is 0.713. The summed E-state index contributed by atoms with van der Waals surface area (Å²) in [6.45, 7) is 1.81. The topological polar surface area (TPSA) is 50.1 Å². The fraction of sp³-hybridized carbons (Fsp3) is 0.138. The van der Waals surface area contributed by atoms with E-state index in [-0.39, 0.29) is 12.1 Å². The molecule has 0 N–H and O–H groups in total. The van der Waals surface area contributed by atoms with E-state index in [0.717, 1.165) is 24.6 Å². The van der Waals surface area contributed by atoms with E-state index in [1.807, 2.05) is 35.0 Å². The standard InChI is InChI=1S/C29H26N6/c1-5-13-23(14-6-1)27(28-30-31-32-35(28)26-19-11-4-12-20-26)29-33(24-15-7-2-8-16-24)21-22-34(29)25-17-9-3-10-18-25/h1-20,27,29H,21-22H2. The Kier molecular flexibility index (Phi) is 5.68. The molecule has 0 bridgehead atoms. The van der Waals surface area contributed by atoms with Crippen LogP contribution in [0.1, 0.15) is 17.3 Å². The normalized spacial score (nSPS) is 14.9. The molecule has 6 heteroatoms. The van der Waals surface area contributed by atoms with Gasteiger partial charge in [-0.2, -0.15) is 4.68 Å². The number of aromatic nitrogens is 4. The minimum absolute atomic E-state index is 0.0179. The summed E-state index contributed by atoms with van der Waals surface area (Å²) < 4.78 is 1.88. The first-order valence-corrected chi connectivity index (χ1v) is 11.9. The summed E-state index contributed by atoms with van der Waals surface area (Å²) in [5.41, 5.74) is 4.50. The molecular weight excluding hydrogens is 432 g/mol. The molecule has 1 aliphatic heterocycles. The minimum atomic E-state index is -0.102. The van der Waals surface area contributed by atoms with Crippen LogP contribution in [-0.4, -0.2) is 39.5 Å². The Morgan fingerprint density at radius 3 is 1.54 bits per heavy atom. The number of hydrogen-bond donors (Lipinski definition) is 0. The van der Waals surface area contributed by atoms with Crippen LogP contribution in [0.5, 0.6) is 0 Å². The minimum Gasteiger partial charge on any atom is -0.348 e. The molecule has 35 heavy (non-hydrogen) atoms. The fourth-order valence-electron chi connectivity index (χ4n) is 5.07. The van der Waals surface area contributed by atoms with Crippen molar-refractivity contribution < 1.29 is 0 Å². The van der Waals surface area contributed by atoms with Gasteiger partial charge in [-0.05, 0) is 52.4 Å². The van der Waals surface area contributed by atoms with Crippen LogP contribution in [-0.2, 0) is 0 Å². The van der Waals surface area contributed by atoms with Crippen molar-refractivity contribution in [2.75, 3.05) is 22.9 Å². The number of tetrazole rings is 1. The molecule has 1 aromatic heterocycles. The maximum atomic E-state index is 4.62. The lowest BCUT2D eigenvalue weighted by atomic mass is 9.93. The van der Waals surface area contributed by atoms with Gasteiger partial charge in [-0.15, -0.1) is 5.10 Å². The second-order valence-electron chi connectivity index (χ2n) is 8.64. The van der Waals surface area contributed by atoms with Crippen molar-refractivity contribution in [2.24, 2.45) is 0 Å². The first kappa shape index (κ1) is 21.1. The van der Waals surface area contributed by atoms with Gasteiger partial charge in [0, 0.05) is 24.5 Å². The molecule has 5 aromatic rings. The molecular formula is C29H26N6. The van der Waals surface area contributed by atoms with Crippen LogP contribution in [0.4, 0.5) is 11.4 Å². The van der Waals surface area contributed by atoms with Crippen LogP contribution in [0.2, 0.25) is 0 Å². The molecule has 172 valence electrons. The van der Waals surface area contributed by atoms with Crippen LogP contribution in [0, 0.1) is 0 Å². The Morgan fingerprint density at radius 2 is 1.03 bits per heavy atom. The van der Waals surface area contributed by atoms with Crippen molar-refractivity contribution in [1.82, 2.24) is 20.2 Å². The zero-order valence-electron chi connectivity index (χ0n) is 19.3. The summed E-state index contributed by atoms with van der Waals surface area (Å²) in [7, 11) is 0. The maximum Gasteiger partial charge on any atom is 0.168 e. The van der Waals surface area contributed by atoms with Gasteiger partial charge in [-0.3, -0.25) is 0 Å². The number of nitrogens with zero attached hydrogens (tertiary/aromatic N) is 6. The summed E-state index contributed by atoms with van der Waals surface area (Å²) in [6, 6.07) is 42.0. The Hall–Kier alpha value is -4.45. The highest BCUT2D eigenvalue weighted by Gasteiger charge is 2.42. The molecule has 1 fully saturated rings. The van der Waals surface area contributed by atoms with Gasteiger partial charge < -0.3 is 9.80 Å². The van der Waals surface area contributed by atoms with Crippen molar-refractivity contribution in [3.63, 3.8) is 0 Å². The first-order chi connectivity index (χ1) is 17.4. The highest BCUT2D eigenvalue weighted by Crippen LogP contribution is 2.39. The smallest absolute Gasteiger partial charge is 0.168 e. The number of benzene rings is 4. The molecule has 1 atom stereocenters. The second kappa shape index (κ2) is 9.43. The first-order valence-electron chi connectivity index (χ1n) is 11.9. The van der Waals surface area contributed by atoms with Crippen molar-refractivity contribution in [3.05, 3.63) is 133 Å². The Bertz CT molecular complexity index is 1310. The van der Waals surface area contributed by atoms with Crippen LogP contribution in [0.25, 0.3) is 5.69 Å². The summed E-state index contributed by atoms with van der Waals surface area (Å²) in [4.78, 5) is 4.96. The van der Waals surface area contributed by atoms with Gasteiger partial charge in [-0.25, -0.2) is 0 Å². The summed E-state index contributed by atoms with van der Waals surface area (Å²) >= 11 is 0. The lowest BCUT2D eigenvalue weighted by molar-refractivity contribution is 0.554. The van der Waals surface area contributed by atoms with Gasteiger partial charge in [0.2, 0.25) is 0 Å². The Labute approximate surface area is 205 Å². The van der Waals surface area contributed by atoms with Crippen molar-refractivity contribution >= 4 is 11.4 Å². The van der Waals surface area contributed by atoms with Crippen molar-refractivity contribution in [3.8, 4) is 5.69 Å². The second-order valence-corrected chi connectivity index (χ2v) is 8.64. The van der Waals surface area contributed by atoms with E-state index in [9.17, 15) is 0 Å². The molecule has 6 rings (SSSR count). The van der Waals surface area contributed by atoms with Gasteiger partial charge in [-0.1, -0.05) is 84.9 Å². The number of hydrogen-bond acceptors (Lipinski definition) is 5. The summed E-state index contributed by atoms with van der Waals surface area (Å²) in [6.07, 6.45) is -0.0179. The number of para-hydroxylation sites is 3. The highest BCUT2D eigenvalue weighted by atomic mass is 15.6. The largest absolute Gasteiger partial charge is 0.348 e. The third-order valence-corrected chi connectivity index (χ3v) is 6.63. The molecule has 1 unspecified atom stereocenters. The molecule has 2 heterocycles. The molecule has 1 saturated heterocycles. The SMILES string of the molecule is c1ccc(C(c2nnnn2-c2ccccc2)C2N(c3ccccc3)CCN2c2ccccc2)cc1. The predicted molar refractivity (Wildman–Crippen MR) is 139 cm³/mol. The quantitative estimate of drug-likeness (QED) is 0.352. The van der Waals surface area contributed by atoms with E-state index in [1.54, 1.807) is 0 Å². The lowest BCUT2D eigenvalue weighted by Crippen LogP contribution is -2.45. The molecule has 0 aliphatic carbocycles. The highest BCUT2D eigenvalue weighted by molar-refractivity contribution is 5.59. The van der Waals surface area contributed by atoms with Gasteiger partial charge in [0.15, 0.2) is 5.82 Å². The fourth-order valence-corrected chi connectivity index (χ4v) is 5.07. The Balaban J connectivity index is 1.55. The van der Waals surface area contributed by atoms with E-state index in [0.29, 0.717) is 0 Å². The molecule has 0 amide bonds. The van der Waals surface area contributed by atoms with Crippen LogP contribution >= 0.6 is 0 Å². The maximum absolute atomic E-state index is 4.62. The molecule has 0 radical (unpaired) electrons. The van der Waals surface area contributed by atoms with Gasteiger partial charge in [0.05, 0.1) is 11.6 Å². The number of anilines is 2. The molecule has 4 aromatic carbocycles. The van der Waals surface area contributed by atoms with E-state index in [4.69, 9.17) is 0 Å². The predicted octanol–water partition coefficient (Wildman–Crippen LogP) is 5.15. The zero-order valence-corrected chi connectivity index (χ0v) is 19.3. The third-order valence-electron chi connectivity index (χ3n) is 6.63. The van der Waals surface area contributed by atoms with Gasteiger partial charge in [0.1, 0.15) is 6.17 Å². The summed E-state index contributed by atoms with van der Waals surface area (Å²) in [5, 5.41) is 13.2. The Morgan fingerprint density at radius 1 is 0.571 bits per heavy atom. The molecule has 0 spiro atoms. The molecule has 1 aliphatic rings. The average Bonchev–Trinajstić information content (AvgIpc) is 3.60. The van der Waals surface area contributed by atoms with E-state index in [1.165, 1.54) is 16.9 Å². The van der Waals surface area contributed by atoms with Crippen molar-refractivity contribution in [1.29, 1.82) is 0 Å². The number of rotatable bonds is 6. The molecule has 6 nitrogen and oxygen atoms in total. The van der Waals surface area contributed by atoms with Crippen LogP contribution in [0.15, 0.2) is 121 Å². The third kappa shape index (κ3) is 4.04. The molecule has 0 saturated carbocycles. The monoisotopic (exact) mass is 458 g/mol. The lowest BCUT2D eigenvalue weighted by Gasteiger charge is -2.38. The zero-order chi connectivity index (χ0) is 23.5. The van der Waals surface area contributed by atoms with Crippen molar-refractivity contribution in [2.45, 2.75) is 12.1 Å². The van der Waals surface area contributed by atoms with E-state index >= 15 is 0 Å². The van der Waals surface area contributed by atoms with Crippen LogP contribution in [0.3, 0.4) is 0 Å². The van der Waals surface area contributed by atoms with Gasteiger partial charge >= 0.3 is 0 Å².